The van der Waals surface area contributed by atoms with Crippen LogP contribution < -0.4 is 0 Å². The summed E-state index contributed by atoms with van der Waals surface area (Å²) in [4.78, 5) is 15.6. The van der Waals surface area contributed by atoms with Crippen LogP contribution in [0.5, 0.6) is 0 Å². The molecule has 4 nitrogen and oxygen atoms in total. The predicted octanol–water partition coefficient (Wildman–Crippen LogP) is 1.42. The topological polar surface area (TPSA) is 58.9 Å². The van der Waals surface area contributed by atoms with Crippen molar-refractivity contribution in [2.45, 2.75) is 19.4 Å². The number of carbonyl (C=O) groups excluding carboxylic acids is 1. The normalized spacial score (nSPS) is 13.2. The number of aliphatic hydroxyl groups excluding tert-OH is 1. The number of hydrogen-bond donors (Lipinski definition) is 1. The summed E-state index contributed by atoms with van der Waals surface area (Å²) in [7, 11) is 1.29. The van der Waals surface area contributed by atoms with Crippen molar-refractivity contribution < 1.29 is 14.6 Å². The highest BCUT2D eigenvalue weighted by Gasteiger charge is 2.17. The van der Waals surface area contributed by atoms with E-state index in [4.69, 9.17) is 5.11 Å². The number of aliphatic hydroxyl groups is 1. The third-order valence-electron chi connectivity index (χ3n) is 2.40. The van der Waals surface area contributed by atoms with Crippen molar-refractivity contribution in [2.75, 3.05) is 13.7 Å². The first kappa shape index (κ1) is 13.4. The summed E-state index contributed by atoms with van der Waals surface area (Å²) in [5.74, 6) is -0.519. The Morgan fingerprint density at radius 2 is 2.06 bits per heavy atom. The molecule has 1 aromatic rings. The van der Waals surface area contributed by atoms with Gasteiger partial charge in [0, 0.05) is 5.71 Å². The summed E-state index contributed by atoms with van der Waals surface area (Å²) < 4.78 is 4.58. The van der Waals surface area contributed by atoms with Crippen molar-refractivity contribution in [3.63, 3.8) is 0 Å². The lowest BCUT2D eigenvalue weighted by molar-refractivity contribution is -0.142. The molecular formula is C13H17NO3. The van der Waals surface area contributed by atoms with Gasteiger partial charge in [0.15, 0.2) is 6.04 Å². The van der Waals surface area contributed by atoms with E-state index in [-0.39, 0.29) is 6.61 Å². The molecule has 1 rings (SSSR count). The van der Waals surface area contributed by atoms with Gasteiger partial charge in [-0.15, -0.1) is 0 Å². The minimum absolute atomic E-state index is 0.344. The summed E-state index contributed by atoms with van der Waals surface area (Å²) in [5, 5.41) is 9.11. The highest BCUT2D eigenvalue weighted by molar-refractivity contribution is 6.01. The van der Waals surface area contributed by atoms with Gasteiger partial charge < -0.3 is 9.84 Å². The van der Waals surface area contributed by atoms with Crippen molar-refractivity contribution in [1.29, 1.82) is 0 Å². The molecule has 1 aromatic carbocycles. The van der Waals surface area contributed by atoms with Crippen LogP contribution in [0.15, 0.2) is 35.3 Å². The van der Waals surface area contributed by atoms with E-state index in [0.717, 1.165) is 11.3 Å². The van der Waals surface area contributed by atoms with Crippen LogP contribution in [0, 0.1) is 0 Å². The quantitative estimate of drug-likeness (QED) is 0.620. The number of ether oxygens (including phenoxy) is 1. The molecule has 0 aromatic heterocycles. The van der Waals surface area contributed by atoms with Crippen LogP contribution in [-0.4, -0.2) is 36.5 Å². The Kier molecular flexibility index (Phi) is 5.36. The average Bonchev–Trinajstić information content (AvgIpc) is 2.40. The van der Waals surface area contributed by atoms with E-state index in [0.29, 0.717) is 6.42 Å². The van der Waals surface area contributed by atoms with Crippen LogP contribution in [0.25, 0.3) is 0 Å². The van der Waals surface area contributed by atoms with E-state index < -0.39 is 12.0 Å². The van der Waals surface area contributed by atoms with Gasteiger partial charge in [-0.05, 0) is 12.0 Å². The lowest BCUT2D eigenvalue weighted by atomic mass is 10.1. The van der Waals surface area contributed by atoms with E-state index in [9.17, 15) is 4.79 Å². The van der Waals surface area contributed by atoms with E-state index in [1.807, 2.05) is 37.3 Å². The fraction of sp³-hybridized carbons (Fsp3) is 0.385. The Bertz CT molecular complexity index is 387. The number of aliphatic imine (C=N–C) groups is 1. The molecule has 0 aliphatic heterocycles. The summed E-state index contributed by atoms with van der Waals surface area (Å²) in [5.41, 5.74) is 1.74. The van der Waals surface area contributed by atoms with Crippen LogP contribution >= 0.6 is 0 Å². The van der Waals surface area contributed by atoms with Gasteiger partial charge in [-0.25, -0.2) is 4.79 Å². The largest absolute Gasteiger partial charge is 0.467 e. The van der Waals surface area contributed by atoms with Crippen molar-refractivity contribution in [2.24, 2.45) is 4.99 Å². The van der Waals surface area contributed by atoms with Gasteiger partial charge in [-0.3, -0.25) is 4.99 Å². The molecule has 0 aliphatic rings. The van der Waals surface area contributed by atoms with Gasteiger partial charge in [-0.1, -0.05) is 37.3 Å². The molecule has 0 saturated carbocycles. The Labute approximate surface area is 101 Å². The molecule has 17 heavy (non-hydrogen) atoms. The third-order valence-corrected chi connectivity index (χ3v) is 2.40. The Morgan fingerprint density at radius 3 is 2.53 bits per heavy atom. The molecule has 0 saturated heterocycles. The molecule has 1 atom stereocenters. The van der Waals surface area contributed by atoms with E-state index >= 15 is 0 Å². The molecule has 92 valence electrons. The van der Waals surface area contributed by atoms with Gasteiger partial charge in [0.25, 0.3) is 0 Å². The molecule has 0 fully saturated rings. The van der Waals surface area contributed by atoms with E-state index in [1.165, 1.54) is 7.11 Å². The smallest absolute Gasteiger partial charge is 0.333 e. The van der Waals surface area contributed by atoms with Gasteiger partial charge in [-0.2, -0.15) is 0 Å². The highest BCUT2D eigenvalue weighted by Crippen LogP contribution is 2.07. The van der Waals surface area contributed by atoms with Gasteiger partial charge in [0.1, 0.15) is 0 Å². The van der Waals surface area contributed by atoms with E-state index in [2.05, 4.69) is 9.73 Å². The minimum atomic E-state index is -0.838. The van der Waals surface area contributed by atoms with Crippen LogP contribution in [0.3, 0.4) is 0 Å². The lowest BCUT2D eigenvalue weighted by Crippen LogP contribution is -2.25. The molecule has 0 heterocycles. The molecule has 4 heteroatoms. The number of carbonyl (C=O) groups is 1. The SMILES string of the molecule is CCC(=NC(CO)C(=O)OC)c1ccccc1. The minimum Gasteiger partial charge on any atom is -0.467 e. The molecule has 0 aliphatic carbocycles. The Balaban J connectivity index is 2.96. The second-order valence-corrected chi connectivity index (χ2v) is 3.52. The number of nitrogens with zero attached hydrogens (tertiary/aromatic N) is 1. The fourth-order valence-corrected chi connectivity index (χ4v) is 1.49. The summed E-state index contributed by atoms with van der Waals surface area (Å²) in [6.45, 7) is 1.61. The molecule has 0 radical (unpaired) electrons. The number of methoxy groups -OCH3 is 1. The van der Waals surface area contributed by atoms with Gasteiger partial charge in [0.05, 0.1) is 13.7 Å². The first-order valence-corrected chi connectivity index (χ1v) is 5.53. The zero-order valence-corrected chi connectivity index (χ0v) is 10.1. The van der Waals surface area contributed by atoms with Gasteiger partial charge in [0.2, 0.25) is 0 Å². The molecule has 0 amide bonds. The summed E-state index contributed by atoms with van der Waals surface area (Å²) in [6.07, 6.45) is 0.692. The molecule has 1 unspecified atom stereocenters. The second kappa shape index (κ2) is 6.81. The average molecular weight is 235 g/mol. The van der Waals surface area contributed by atoms with Gasteiger partial charge >= 0.3 is 5.97 Å². The van der Waals surface area contributed by atoms with Crippen LogP contribution in [0.1, 0.15) is 18.9 Å². The number of rotatable bonds is 5. The Hall–Kier alpha value is -1.68. The maximum Gasteiger partial charge on any atom is 0.333 e. The molecule has 0 bridgehead atoms. The zero-order chi connectivity index (χ0) is 12.7. The summed E-state index contributed by atoms with van der Waals surface area (Å²) in [6, 6.07) is 8.75. The van der Waals surface area contributed by atoms with Crippen molar-refractivity contribution in [1.82, 2.24) is 0 Å². The second-order valence-electron chi connectivity index (χ2n) is 3.52. The number of benzene rings is 1. The monoisotopic (exact) mass is 235 g/mol. The maximum atomic E-state index is 11.3. The highest BCUT2D eigenvalue weighted by atomic mass is 16.5. The van der Waals surface area contributed by atoms with Crippen LogP contribution in [-0.2, 0) is 9.53 Å². The Morgan fingerprint density at radius 1 is 1.41 bits per heavy atom. The first-order chi connectivity index (χ1) is 8.22. The molecule has 1 N–H and O–H groups in total. The maximum absolute atomic E-state index is 11.3. The fourth-order valence-electron chi connectivity index (χ4n) is 1.49. The first-order valence-electron chi connectivity index (χ1n) is 5.53. The van der Waals surface area contributed by atoms with Crippen molar-refractivity contribution in [3.05, 3.63) is 35.9 Å². The summed E-state index contributed by atoms with van der Waals surface area (Å²) >= 11 is 0. The van der Waals surface area contributed by atoms with E-state index in [1.54, 1.807) is 0 Å². The molecular weight excluding hydrogens is 218 g/mol. The molecule has 0 spiro atoms. The number of esters is 1. The number of hydrogen-bond acceptors (Lipinski definition) is 4. The standard InChI is InChI=1S/C13H17NO3/c1-3-11(10-7-5-4-6-8-10)14-12(9-15)13(16)17-2/h4-8,12,15H,3,9H2,1-2H3. The predicted molar refractivity (Wildman–Crippen MR) is 66.2 cm³/mol. The third kappa shape index (κ3) is 3.67. The zero-order valence-electron chi connectivity index (χ0n) is 10.1. The van der Waals surface area contributed by atoms with Crippen molar-refractivity contribution >= 4 is 11.7 Å². The lowest BCUT2D eigenvalue weighted by Gasteiger charge is -2.10. The van der Waals surface area contributed by atoms with Crippen LogP contribution in [0.4, 0.5) is 0 Å². The van der Waals surface area contributed by atoms with Crippen LogP contribution in [0.2, 0.25) is 0 Å². The van der Waals surface area contributed by atoms with Crippen molar-refractivity contribution in [3.8, 4) is 0 Å².